The minimum Gasteiger partial charge on any atom is -0.375 e. The summed E-state index contributed by atoms with van der Waals surface area (Å²) in [6.07, 6.45) is 0. The van der Waals surface area contributed by atoms with Crippen LogP contribution < -0.4 is 5.32 Å². The van der Waals surface area contributed by atoms with E-state index >= 15 is 0 Å². The van der Waals surface area contributed by atoms with Crippen LogP contribution in [-0.2, 0) is 0 Å². The summed E-state index contributed by atoms with van der Waals surface area (Å²) in [5.41, 5.74) is 1.09. The van der Waals surface area contributed by atoms with Crippen molar-refractivity contribution in [2.75, 3.05) is 5.32 Å². The Balaban J connectivity index is 2.26. The molecule has 0 radical (unpaired) electrons. The summed E-state index contributed by atoms with van der Waals surface area (Å²) in [5.74, 6) is -0.396. The van der Waals surface area contributed by atoms with E-state index in [1.165, 1.54) is 17.4 Å². The zero-order valence-electron chi connectivity index (χ0n) is 9.31. The third kappa shape index (κ3) is 2.91. The van der Waals surface area contributed by atoms with Crippen LogP contribution in [0.4, 0.5) is 10.1 Å². The van der Waals surface area contributed by atoms with E-state index in [9.17, 15) is 4.39 Å². The van der Waals surface area contributed by atoms with Crippen LogP contribution in [0.5, 0.6) is 0 Å². The summed E-state index contributed by atoms with van der Waals surface area (Å²) < 4.78 is 14.8. The number of nitrogens with one attached hydrogen (secondary N) is 1. The Kier molecular flexibility index (Phi) is 4.38. The van der Waals surface area contributed by atoms with Crippen molar-refractivity contribution in [2.45, 2.75) is 13.0 Å². The fourth-order valence-electron chi connectivity index (χ4n) is 1.58. The average molecular weight is 325 g/mol. The van der Waals surface area contributed by atoms with Crippen molar-refractivity contribution in [1.29, 1.82) is 0 Å². The van der Waals surface area contributed by atoms with E-state index < -0.39 is 5.82 Å². The lowest BCUT2D eigenvalue weighted by Crippen LogP contribution is -2.08. The Morgan fingerprint density at radius 3 is 2.56 bits per heavy atom. The van der Waals surface area contributed by atoms with Crippen LogP contribution in [0.3, 0.4) is 0 Å². The predicted octanol–water partition coefficient (Wildman–Crippen LogP) is 6.02. The summed E-state index contributed by atoms with van der Waals surface area (Å²) >= 11 is 19.2. The number of hydrogen-bond donors (Lipinski definition) is 1. The third-order valence-electron chi connectivity index (χ3n) is 2.47. The molecule has 1 unspecified atom stereocenters. The van der Waals surface area contributed by atoms with Crippen molar-refractivity contribution in [3.05, 3.63) is 49.3 Å². The van der Waals surface area contributed by atoms with Gasteiger partial charge in [0.2, 0.25) is 0 Å². The maximum atomic E-state index is 13.6. The highest BCUT2D eigenvalue weighted by molar-refractivity contribution is 7.20. The lowest BCUT2D eigenvalue weighted by molar-refractivity contribution is 0.627. The number of benzene rings is 1. The quantitative estimate of drug-likeness (QED) is 0.728. The van der Waals surface area contributed by atoms with Gasteiger partial charge in [0.05, 0.1) is 25.4 Å². The van der Waals surface area contributed by atoms with Gasteiger partial charge < -0.3 is 5.32 Å². The minimum atomic E-state index is -0.396. The molecule has 0 bridgehead atoms. The van der Waals surface area contributed by atoms with Crippen LogP contribution >= 0.6 is 46.1 Å². The molecule has 0 spiro atoms. The van der Waals surface area contributed by atoms with Gasteiger partial charge in [-0.3, -0.25) is 0 Å². The monoisotopic (exact) mass is 323 g/mol. The smallest absolute Gasteiger partial charge is 0.147 e. The van der Waals surface area contributed by atoms with Gasteiger partial charge in [0, 0.05) is 5.56 Å². The first-order chi connectivity index (χ1) is 8.49. The SMILES string of the molecule is CC(Nc1c(F)cccc1Cl)c1cc(Cl)sc1Cl. The average Bonchev–Trinajstić information content (AvgIpc) is 2.63. The number of para-hydroxylation sites is 1. The second kappa shape index (κ2) is 5.66. The molecule has 18 heavy (non-hydrogen) atoms. The van der Waals surface area contributed by atoms with Crippen LogP contribution in [0.25, 0.3) is 0 Å². The van der Waals surface area contributed by atoms with E-state index in [1.54, 1.807) is 18.2 Å². The van der Waals surface area contributed by atoms with Crippen molar-refractivity contribution < 1.29 is 4.39 Å². The molecule has 1 aromatic heterocycles. The standard InChI is InChI=1S/C12H9Cl3FNS/c1-6(7-5-10(14)18-12(7)15)17-11-8(13)3-2-4-9(11)16/h2-6,17H,1H3. The number of anilines is 1. The highest BCUT2D eigenvalue weighted by Gasteiger charge is 2.16. The van der Waals surface area contributed by atoms with Crippen molar-refractivity contribution in [3.8, 4) is 0 Å². The number of thiophene rings is 1. The Morgan fingerprint density at radius 2 is 2.00 bits per heavy atom. The van der Waals surface area contributed by atoms with Gasteiger partial charge in [0.1, 0.15) is 5.82 Å². The molecule has 1 nitrogen and oxygen atoms in total. The summed E-state index contributed by atoms with van der Waals surface area (Å²) in [5, 5.41) is 3.34. The van der Waals surface area contributed by atoms with E-state index in [-0.39, 0.29) is 11.7 Å². The van der Waals surface area contributed by atoms with E-state index in [0.29, 0.717) is 13.7 Å². The molecule has 96 valence electrons. The second-order valence-corrected chi connectivity index (χ2v) is 6.44. The molecule has 1 aromatic carbocycles. The Hall–Kier alpha value is -0.480. The molecule has 1 atom stereocenters. The molecule has 0 saturated heterocycles. The van der Waals surface area contributed by atoms with Crippen molar-refractivity contribution in [1.82, 2.24) is 0 Å². The van der Waals surface area contributed by atoms with Crippen molar-refractivity contribution in [3.63, 3.8) is 0 Å². The second-order valence-electron chi connectivity index (χ2n) is 3.74. The molecule has 6 heteroatoms. The Labute approximate surface area is 123 Å². The van der Waals surface area contributed by atoms with E-state index in [1.807, 2.05) is 6.92 Å². The zero-order chi connectivity index (χ0) is 13.3. The summed E-state index contributed by atoms with van der Waals surface area (Å²) in [6, 6.07) is 6.11. The highest BCUT2D eigenvalue weighted by Crippen LogP contribution is 2.37. The third-order valence-corrected chi connectivity index (χ3v) is 4.31. The largest absolute Gasteiger partial charge is 0.375 e. The molecule has 0 amide bonds. The first-order valence-electron chi connectivity index (χ1n) is 5.14. The molecular weight excluding hydrogens is 316 g/mol. The van der Waals surface area contributed by atoms with Crippen LogP contribution in [0.15, 0.2) is 24.3 Å². The minimum absolute atomic E-state index is 0.185. The van der Waals surface area contributed by atoms with Crippen LogP contribution in [0.2, 0.25) is 13.7 Å². The molecule has 0 fully saturated rings. The van der Waals surface area contributed by atoms with Gasteiger partial charge in [-0.25, -0.2) is 4.39 Å². The van der Waals surface area contributed by atoms with Gasteiger partial charge >= 0.3 is 0 Å². The fraction of sp³-hybridized carbons (Fsp3) is 0.167. The Bertz CT molecular complexity index is 550. The molecular formula is C12H9Cl3FNS. The molecule has 1 N–H and O–H groups in total. The van der Waals surface area contributed by atoms with Gasteiger partial charge in [0.25, 0.3) is 0 Å². The molecule has 0 aliphatic rings. The Morgan fingerprint density at radius 1 is 1.28 bits per heavy atom. The van der Waals surface area contributed by atoms with Gasteiger partial charge in [-0.2, -0.15) is 0 Å². The van der Waals surface area contributed by atoms with Crippen molar-refractivity contribution in [2.24, 2.45) is 0 Å². The molecule has 2 aromatic rings. The fourth-order valence-corrected chi connectivity index (χ4v) is 3.44. The first kappa shape index (κ1) is 13.9. The predicted molar refractivity (Wildman–Crippen MR) is 77.8 cm³/mol. The number of hydrogen-bond acceptors (Lipinski definition) is 2. The van der Waals surface area contributed by atoms with Crippen LogP contribution in [0, 0.1) is 5.82 Å². The number of rotatable bonds is 3. The number of halogens is 4. The molecule has 1 heterocycles. The van der Waals surface area contributed by atoms with Gasteiger partial charge in [-0.1, -0.05) is 40.9 Å². The molecule has 2 rings (SSSR count). The maximum absolute atomic E-state index is 13.6. The lowest BCUT2D eigenvalue weighted by atomic mass is 10.1. The normalized spacial score (nSPS) is 12.5. The molecule has 0 aliphatic heterocycles. The first-order valence-corrected chi connectivity index (χ1v) is 7.09. The van der Waals surface area contributed by atoms with E-state index in [4.69, 9.17) is 34.8 Å². The van der Waals surface area contributed by atoms with Crippen molar-refractivity contribution >= 4 is 51.8 Å². The summed E-state index contributed by atoms with van der Waals surface area (Å²) in [6.45, 7) is 1.87. The zero-order valence-corrected chi connectivity index (χ0v) is 12.4. The summed E-state index contributed by atoms with van der Waals surface area (Å²) in [7, 11) is 0. The topological polar surface area (TPSA) is 12.0 Å². The summed E-state index contributed by atoms with van der Waals surface area (Å²) in [4.78, 5) is 0. The van der Waals surface area contributed by atoms with Crippen LogP contribution in [0.1, 0.15) is 18.5 Å². The van der Waals surface area contributed by atoms with Gasteiger partial charge in [-0.05, 0) is 25.1 Å². The van der Waals surface area contributed by atoms with E-state index in [2.05, 4.69) is 5.32 Å². The molecule has 0 saturated carbocycles. The van der Waals surface area contributed by atoms with Crippen LogP contribution in [-0.4, -0.2) is 0 Å². The maximum Gasteiger partial charge on any atom is 0.147 e. The highest BCUT2D eigenvalue weighted by atomic mass is 35.5. The van der Waals surface area contributed by atoms with E-state index in [0.717, 1.165) is 5.56 Å². The molecule has 0 aliphatic carbocycles. The van der Waals surface area contributed by atoms with Gasteiger partial charge in [-0.15, -0.1) is 11.3 Å². The van der Waals surface area contributed by atoms with Gasteiger partial charge in [0.15, 0.2) is 0 Å². The lowest BCUT2D eigenvalue weighted by Gasteiger charge is -2.16.